The summed E-state index contributed by atoms with van der Waals surface area (Å²) in [6.45, 7) is 0.279. The summed E-state index contributed by atoms with van der Waals surface area (Å²) in [6.07, 6.45) is 6.04. The van der Waals surface area contributed by atoms with Crippen LogP contribution in [0.2, 0.25) is 0 Å². The Bertz CT molecular complexity index is 1200. The lowest BCUT2D eigenvalue weighted by atomic mass is 9.91. The summed E-state index contributed by atoms with van der Waals surface area (Å²) in [5, 5.41) is 3.07. The molecule has 0 saturated heterocycles. The number of hydrogen-bond acceptors (Lipinski definition) is 6. The van der Waals surface area contributed by atoms with Crippen molar-refractivity contribution < 1.29 is 17.6 Å². The van der Waals surface area contributed by atoms with Crippen molar-refractivity contribution >= 4 is 27.3 Å². The van der Waals surface area contributed by atoms with Crippen molar-refractivity contribution in [3.8, 4) is 11.1 Å². The summed E-state index contributed by atoms with van der Waals surface area (Å²) in [5.41, 5.74) is 2.27. The smallest absolute Gasteiger partial charge is 0.229 e. The number of nitrogens with one attached hydrogen (secondary N) is 2. The molecule has 148 valence electrons. The van der Waals surface area contributed by atoms with Gasteiger partial charge in [-0.15, -0.1) is 0 Å². The van der Waals surface area contributed by atoms with Crippen LogP contribution in [0.3, 0.4) is 0 Å². The number of anilines is 2. The normalized spacial score (nSPS) is 15.4. The number of rotatable bonds is 5. The van der Waals surface area contributed by atoms with E-state index in [0.29, 0.717) is 11.4 Å². The van der Waals surface area contributed by atoms with Crippen LogP contribution in [0.1, 0.15) is 21.8 Å². The number of halogens is 1. The van der Waals surface area contributed by atoms with Crippen LogP contribution >= 0.6 is 0 Å². The Morgan fingerprint density at radius 3 is 2.76 bits per heavy atom. The van der Waals surface area contributed by atoms with Crippen LogP contribution in [0.15, 0.2) is 55.0 Å². The maximum absolute atomic E-state index is 14.4. The SMILES string of the molecule is CS(=O)(=O)Nc1ccc(F)c(C(=O)C2CNc3ncc(-c4cccnc4)cc32)c1. The van der Waals surface area contributed by atoms with E-state index in [1.165, 1.54) is 12.1 Å². The second kappa shape index (κ2) is 7.25. The van der Waals surface area contributed by atoms with Gasteiger partial charge in [-0.1, -0.05) is 6.07 Å². The van der Waals surface area contributed by atoms with Crippen molar-refractivity contribution in [3.63, 3.8) is 0 Å². The zero-order chi connectivity index (χ0) is 20.6. The first-order valence-corrected chi connectivity index (χ1v) is 10.7. The number of carbonyl (C=O) groups excluding carboxylic acids is 1. The van der Waals surface area contributed by atoms with Gasteiger partial charge in [0.25, 0.3) is 0 Å². The van der Waals surface area contributed by atoms with Crippen molar-refractivity contribution in [2.75, 3.05) is 22.8 Å². The second-order valence-electron chi connectivity index (χ2n) is 6.77. The highest BCUT2D eigenvalue weighted by atomic mass is 32.2. The standard InChI is InChI=1S/C20H17FN4O3S/c1-29(27,28)25-14-4-5-18(21)16(8-14)19(26)17-11-24-20-15(17)7-13(10-23-20)12-3-2-6-22-9-12/h2-10,17,25H,11H2,1H3,(H,23,24). The van der Waals surface area contributed by atoms with Crippen LogP contribution < -0.4 is 10.0 Å². The summed E-state index contributed by atoms with van der Waals surface area (Å²) in [6, 6.07) is 9.10. The third-order valence-electron chi connectivity index (χ3n) is 4.61. The Morgan fingerprint density at radius 2 is 2.03 bits per heavy atom. The van der Waals surface area contributed by atoms with E-state index in [-0.39, 0.29) is 17.8 Å². The summed E-state index contributed by atoms with van der Waals surface area (Å²) in [5.74, 6) is -1.23. The molecular formula is C20H17FN4O3S. The van der Waals surface area contributed by atoms with E-state index in [1.807, 2.05) is 12.1 Å². The summed E-state index contributed by atoms with van der Waals surface area (Å²) in [7, 11) is -3.55. The molecule has 9 heteroatoms. The Kier molecular flexibility index (Phi) is 4.75. The highest BCUT2D eigenvalue weighted by Crippen LogP contribution is 2.35. The van der Waals surface area contributed by atoms with Gasteiger partial charge in [-0.2, -0.15) is 0 Å². The summed E-state index contributed by atoms with van der Waals surface area (Å²) >= 11 is 0. The van der Waals surface area contributed by atoms with Crippen molar-refractivity contribution in [2.24, 2.45) is 0 Å². The van der Waals surface area contributed by atoms with Gasteiger partial charge in [0.15, 0.2) is 5.78 Å². The number of benzene rings is 1. The van der Waals surface area contributed by atoms with E-state index >= 15 is 0 Å². The third kappa shape index (κ3) is 3.95. The number of sulfonamides is 1. The van der Waals surface area contributed by atoms with Crippen molar-refractivity contribution in [2.45, 2.75) is 5.92 Å². The lowest BCUT2D eigenvalue weighted by molar-refractivity contribution is 0.0962. The van der Waals surface area contributed by atoms with E-state index in [0.717, 1.165) is 23.4 Å². The molecule has 0 saturated carbocycles. The van der Waals surface area contributed by atoms with Crippen LogP contribution in [0.25, 0.3) is 11.1 Å². The lowest BCUT2D eigenvalue weighted by Gasteiger charge is -2.12. The van der Waals surface area contributed by atoms with Crippen LogP contribution in [0, 0.1) is 5.82 Å². The number of hydrogen-bond donors (Lipinski definition) is 2. The number of carbonyl (C=O) groups is 1. The first-order chi connectivity index (χ1) is 13.8. The van der Waals surface area contributed by atoms with Gasteiger partial charge in [0, 0.05) is 47.5 Å². The summed E-state index contributed by atoms with van der Waals surface area (Å²) in [4.78, 5) is 21.6. The topological polar surface area (TPSA) is 101 Å². The first-order valence-electron chi connectivity index (χ1n) is 8.77. The minimum Gasteiger partial charge on any atom is -0.369 e. The largest absolute Gasteiger partial charge is 0.369 e. The van der Waals surface area contributed by atoms with E-state index < -0.39 is 27.5 Å². The highest BCUT2D eigenvalue weighted by Gasteiger charge is 2.32. The predicted molar refractivity (Wildman–Crippen MR) is 108 cm³/mol. The lowest BCUT2D eigenvalue weighted by Crippen LogP contribution is -2.17. The van der Waals surface area contributed by atoms with Gasteiger partial charge in [-0.05, 0) is 30.3 Å². The fraction of sp³-hybridized carbons (Fsp3) is 0.150. The molecule has 0 aliphatic carbocycles. The number of aromatic nitrogens is 2. The molecular weight excluding hydrogens is 395 g/mol. The van der Waals surface area contributed by atoms with Crippen LogP contribution in [0.4, 0.5) is 15.9 Å². The van der Waals surface area contributed by atoms with Crippen LogP contribution in [-0.2, 0) is 10.0 Å². The van der Waals surface area contributed by atoms with Crippen molar-refractivity contribution in [1.82, 2.24) is 9.97 Å². The van der Waals surface area contributed by atoms with Crippen LogP contribution in [-0.4, -0.2) is 37.0 Å². The predicted octanol–water partition coefficient (Wildman–Crippen LogP) is 3.05. The average Bonchev–Trinajstić information content (AvgIpc) is 3.12. The van der Waals surface area contributed by atoms with Gasteiger partial charge in [0.05, 0.1) is 17.7 Å². The fourth-order valence-corrected chi connectivity index (χ4v) is 3.86. The molecule has 1 aliphatic heterocycles. The molecule has 29 heavy (non-hydrogen) atoms. The molecule has 2 aromatic heterocycles. The molecule has 0 bridgehead atoms. The zero-order valence-electron chi connectivity index (χ0n) is 15.4. The van der Waals surface area contributed by atoms with Crippen molar-refractivity contribution in [3.05, 3.63) is 71.9 Å². The number of fused-ring (bicyclic) bond motifs is 1. The van der Waals surface area contributed by atoms with E-state index in [2.05, 4.69) is 20.0 Å². The third-order valence-corrected chi connectivity index (χ3v) is 5.22. The van der Waals surface area contributed by atoms with Gasteiger partial charge < -0.3 is 5.32 Å². The van der Waals surface area contributed by atoms with E-state index in [4.69, 9.17) is 0 Å². The summed E-state index contributed by atoms with van der Waals surface area (Å²) < 4.78 is 39.5. The Hall–Kier alpha value is -3.33. The molecule has 0 amide bonds. The maximum atomic E-state index is 14.4. The molecule has 0 radical (unpaired) electrons. The molecule has 1 atom stereocenters. The average molecular weight is 412 g/mol. The Morgan fingerprint density at radius 1 is 1.21 bits per heavy atom. The van der Waals surface area contributed by atoms with Gasteiger partial charge in [0.1, 0.15) is 11.6 Å². The van der Waals surface area contributed by atoms with Gasteiger partial charge in [-0.25, -0.2) is 17.8 Å². The number of nitrogens with zero attached hydrogens (tertiary/aromatic N) is 2. The molecule has 7 nitrogen and oxygen atoms in total. The van der Waals surface area contributed by atoms with Gasteiger partial charge in [-0.3, -0.25) is 14.5 Å². The molecule has 1 unspecified atom stereocenters. The van der Waals surface area contributed by atoms with E-state index in [9.17, 15) is 17.6 Å². The molecule has 0 spiro atoms. The van der Waals surface area contributed by atoms with Crippen molar-refractivity contribution in [1.29, 1.82) is 0 Å². The van der Waals surface area contributed by atoms with Gasteiger partial charge >= 0.3 is 0 Å². The molecule has 2 N–H and O–H groups in total. The maximum Gasteiger partial charge on any atom is 0.229 e. The zero-order valence-corrected chi connectivity index (χ0v) is 16.2. The molecule has 1 aliphatic rings. The minimum absolute atomic E-state index is 0.130. The van der Waals surface area contributed by atoms with E-state index in [1.54, 1.807) is 24.7 Å². The highest BCUT2D eigenvalue weighted by molar-refractivity contribution is 7.92. The van der Waals surface area contributed by atoms with Crippen LogP contribution in [0.5, 0.6) is 0 Å². The number of ketones is 1. The monoisotopic (exact) mass is 412 g/mol. The number of Topliss-reactive ketones (excluding diaryl/α,β-unsaturated/α-hetero) is 1. The first kappa shape index (κ1) is 19.0. The van der Waals surface area contributed by atoms with Gasteiger partial charge in [0.2, 0.25) is 10.0 Å². The molecule has 4 rings (SSSR count). The molecule has 3 aromatic rings. The quantitative estimate of drug-likeness (QED) is 0.625. The minimum atomic E-state index is -3.55. The molecule has 3 heterocycles. The molecule has 0 fully saturated rings. The Labute approximate surface area is 167 Å². The molecule has 1 aromatic carbocycles. The second-order valence-corrected chi connectivity index (χ2v) is 8.52. The Balaban J connectivity index is 1.70. The number of pyridine rings is 2. The fourth-order valence-electron chi connectivity index (χ4n) is 3.31.